The van der Waals surface area contributed by atoms with Gasteiger partial charge in [0.05, 0.1) is 22.1 Å². The summed E-state index contributed by atoms with van der Waals surface area (Å²) < 4.78 is 0.502. The minimum absolute atomic E-state index is 0.0259. The summed E-state index contributed by atoms with van der Waals surface area (Å²) in [7, 11) is 0. The molecule has 0 unspecified atom stereocenters. The third kappa shape index (κ3) is 4.17. The first-order chi connectivity index (χ1) is 16.0. The fourth-order valence-electron chi connectivity index (χ4n) is 4.07. The van der Waals surface area contributed by atoms with Crippen LogP contribution in [-0.2, 0) is 12.8 Å². The largest absolute Gasteiger partial charge is 0.360 e. The highest BCUT2D eigenvalue weighted by Crippen LogP contribution is 2.36. The highest BCUT2D eigenvalue weighted by atomic mass is 79.9. The van der Waals surface area contributed by atoms with Crippen molar-refractivity contribution in [2.75, 3.05) is 5.32 Å². The summed E-state index contributed by atoms with van der Waals surface area (Å²) in [6.07, 6.45) is 13.3. The molecule has 5 rings (SSSR count). The van der Waals surface area contributed by atoms with Gasteiger partial charge < -0.3 is 10.3 Å². The topological polar surface area (TPSA) is 78.1 Å². The molecule has 2 N–H and O–H groups in total. The van der Waals surface area contributed by atoms with Crippen LogP contribution in [0.15, 0.2) is 88.3 Å². The third-order valence-corrected chi connectivity index (χ3v) is 6.46. The molecule has 8 heteroatoms. The van der Waals surface area contributed by atoms with Crippen molar-refractivity contribution < 1.29 is 4.79 Å². The van der Waals surface area contributed by atoms with E-state index in [4.69, 9.17) is 11.6 Å². The maximum Gasteiger partial charge on any atom is 0.329 e. The van der Waals surface area contributed by atoms with Gasteiger partial charge in [0, 0.05) is 41.0 Å². The summed E-state index contributed by atoms with van der Waals surface area (Å²) in [6.45, 7) is 0. The molecule has 6 nitrogen and oxygen atoms in total. The van der Waals surface area contributed by atoms with E-state index >= 15 is 0 Å². The van der Waals surface area contributed by atoms with Crippen LogP contribution >= 0.6 is 27.5 Å². The van der Waals surface area contributed by atoms with Gasteiger partial charge in [-0.3, -0.25) is 14.7 Å². The molecule has 1 aliphatic carbocycles. The second kappa shape index (κ2) is 8.84. The number of nitrogens with one attached hydrogen (secondary N) is 2. The highest BCUT2D eigenvalue weighted by molar-refractivity contribution is 9.10. The lowest BCUT2D eigenvalue weighted by Crippen LogP contribution is -2.27. The lowest BCUT2D eigenvalue weighted by atomic mass is 9.92. The monoisotopic (exact) mass is 520 g/mol. The van der Waals surface area contributed by atoms with Crippen LogP contribution in [-0.4, -0.2) is 20.9 Å². The molecule has 0 spiro atoms. The van der Waals surface area contributed by atoms with Crippen LogP contribution in [0.25, 0.3) is 5.57 Å². The Hall–Kier alpha value is -3.42. The molecular formula is C25H18BrClN4O2. The SMILES string of the molecule is O=C(Nc1cccnc1)N1C=CC(=C2c3ccc(Cl)cc3CCc3c2[nH]cc(Br)c3=O)C=C1. The van der Waals surface area contributed by atoms with E-state index in [2.05, 4.69) is 31.2 Å². The average Bonchev–Trinajstić information content (AvgIpc) is 2.99. The molecule has 0 atom stereocenters. The first-order valence-corrected chi connectivity index (χ1v) is 11.5. The van der Waals surface area contributed by atoms with E-state index in [0.29, 0.717) is 28.0 Å². The molecule has 2 amide bonds. The number of hydrogen-bond donors (Lipinski definition) is 2. The maximum atomic E-state index is 12.9. The number of allylic oxidation sites excluding steroid dienone is 3. The van der Waals surface area contributed by atoms with Crippen molar-refractivity contribution >= 4 is 44.8 Å². The van der Waals surface area contributed by atoms with Gasteiger partial charge in [0.1, 0.15) is 0 Å². The first-order valence-electron chi connectivity index (χ1n) is 10.3. The summed E-state index contributed by atoms with van der Waals surface area (Å²) in [5, 5.41) is 3.46. The van der Waals surface area contributed by atoms with E-state index < -0.39 is 0 Å². The zero-order valence-corrected chi connectivity index (χ0v) is 19.7. The van der Waals surface area contributed by atoms with E-state index in [1.54, 1.807) is 43.1 Å². The highest BCUT2D eigenvalue weighted by Gasteiger charge is 2.24. The average molecular weight is 522 g/mol. The number of aryl methyl sites for hydroxylation is 1. The molecule has 3 aromatic rings. The Morgan fingerprint density at radius 2 is 2.00 bits per heavy atom. The van der Waals surface area contributed by atoms with Gasteiger partial charge in [0.25, 0.3) is 0 Å². The number of urea groups is 1. The minimum atomic E-state index is -0.301. The van der Waals surface area contributed by atoms with E-state index in [0.717, 1.165) is 33.5 Å². The minimum Gasteiger partial charge on any atom is -0.360 e. The van der Waals surface area contributed by atoms with Gasteiger partial charge in [-0.25, -0.2) is 4.79 Å². The van der Waals surface area contributed by atoms with Crippen molar-refractivity contribution in [3.8, 4) is 0 Å². The maximum absolute atomic E-state index is 12.9. The van der Waals surface area contributed by atoms with Crippen molar-refractivity contribution in [1.29, 1.82) is 0 Å². The summed E-state index contributed by atoms with van der Waals surface area (Å²) in [4.78, 5) is 34.3. The number of benzene rings is 1. The Labute approximate surface area is 203 Å². The fraction of sp³-hybridized carbons (Fsp3) is 0.0800. The van der Waals surface area contributed by atoms with Crippen LogP contribution in [0, 0.1) is 0 Å². The number of aromatic amines is 1. The molecular weight excluding hydrogens is 504 g/mol. The number of halogens is 2. The molecule has 0 saturated heterocycles. The van der Waals surface area contributed by atoms with E-state index in [-0.39, 0.29) is 11.5 Å². The molecule has 0 fully saturated rings. The normalized spacial score (nSPS) is 14.5. The molecule has 1 aliphatic heterocycles. The van der Waals surface area contributed by atoms with Gasteiger partial charge in [0.15, 0.2) is 5.43 Å². The molecule has 0 bridgehead atoms. The molecule has 0 saturated carbocycles. The Morgan fingerprint density at radius 1 is 1.18 bits per heavy atom. The number of carbonyl (C=O) groups excluding carboxylic acids is 1. The number of amides is 2. The van der Waals surface area contributed by atoms with Gasteiger partial charge >= 0.3 is 6.03 Å². The van der Waals surface area contributed by atoms with Crippen LogP contribution in [0.5, 0.6) is 0 Å². The van der Waals surface area contributed by atoms with Crippen LogP contribution in [0.3, 0.4) is 0 Å². The number of anilines is 1. The van der Waals surface area contributed by atoms with Crippen molar-refractivity contribution in [3.05, 3.63) is 121 Å². The predicted molar refractivity (Wildman–Crippen MR) is 133 cm³/mol. The van der Waals surface area contributed by atoms with Gasteiger partial charge in [-0.05, 0) is 81.9 Å². The molecule has 2 aromatic heterocycles. The molecule has 2 aliphatic rings. The summed E-state index contributed by atoms with van der Waals surface area (Å²) in [6, 6.07) is 9.02. The van der Waals surface area contributed by atoms with Gasteiger partial charge in [-0.2, -0.15) is 0 Å². The first kappa shape index (κ1) is 21.4. The Balaban J connectivity index is 1.57. The lowest BCUT2D eigenvalue weighted by Gasteiger charge is -2.20. The predicted octanol–water partition coefficient (Wildman–Crippen LogP) is 5.66. The second-order valence-electron chi connectivity index (χ2n) is 7.66. The Morgan fingerprint density at radius 3 is 2.76 bits per heavy atom. The number of fused-ring (bicyclic) bond motifs is 2. The zero-order chi connectivity index (χ0) is 22.9. The van der Waals surface area contributed by atoms with Crippen molar-refractivity contribution in [3.63, 3.8) is 0 Å². The van der Waals surface area contributed by atoms with Crippen molar-refractivity contribution in [2.24, 2.45) is 0 Å². The van der Waals surface area contributed by atoms with Crippen LogP contribution in [0.1, 0.15) is 22.4 Å². The number of pyridine rings is 2. The quantitative estimate of drug-likeness (QED) is 0.434. The number of carbonyl (C=O) groups is 1. The smallest absolute Gasteiger partial charge is 0.329 e. The van der Waals surface area contributed by atoms with Crippen molar-refractivity contribution in [1.82, 2.24) is 14.9 Å². The Kier molecular flexibility index (Phi) is 5.74. The standard InChI is InChI=1S/C25H18BrClN4O2/c26-21-14-29-23-20(24(21)32)5-3-16-12-17(27)4-6-19(16)22(23)15-7-10-31(11-8-15)25(33)30-18-2-1-9-28-13-18/h1-2,4,6-14H,3,5H2,(H,29,32)(H,30,33). The molecule has 33 heavy (non-hydrogen) atoms. The summed E-state index contributed by atoms with van der Waals surface area (Å²) in [5.41, 5.74) is 5.95. The Bertz CT molecular complexity index is 1390. The molecule has 0 radical (unpaired) electrons. The molecule has 164 valence electrons. The van der Waals surface area contributed by atoms with E-state index in [9.17, 15) is 9.59 Å². The molecule has 3 heterocycles. The van der Waals surface area contributed by atoms with E-state index in [1.165, 1.54) is 4.90 Å². The van der Waals surface area contributed by atoms with E-state index in [1.807, 2.05) is 30.4 Å². The number of hydrogen-bond acceptors (Lipinski definition) is 3. The summed E-state index contributed by atoms with van der Waals surface area (Å²) >= 11 is 9.62. The summed E-state index contributed by atoms with van der Waals surface area (Å²) in [5.74, 6) is 0. The fourth-order valence-corrected chi connectivity index (χ4v) is 4.62. The van der Waals surface area contributed by atoms with Crippen LogP contribution in [0.4, 0.5) is 10.5 Å². The van der Waals surface area contributed by atoms with Crippen molar-refractivity contribution in [2.45, 2.75) is 12.8 Å². The zero-order valence-electron chi connectivity index (χ0n) is 17.3. The number of rotatable bonds is 1. The van der Waals surface area contributed by atoms with Gasteiger partial charge in [-0.15, -0.1) is 0 Å². The number of H-pyrrole nitrogens is 1. The second-order valence-corrected chi connectivity index (χ2v) is 8.95. The van der Waals surface area contributed by atoms with Gasteiger partial charge in [-0.1, -0.05) is 17.7 Å². The molecule has 1 aromatic carbocycles. The lowest BCUT2D eigenvalue weighted by molar-refractivity contribution is 0.238. The number of aromatic nitrogens is 2. The number of nitrogens with zero attached hydrogens (tertiary/aromatic N) is 2. The third-order valence-electron chi connectivity index (χ3n) is 5.63. The van der Waals surface area contributed by atoms with Crippen LogP contribution < -0.4 is 10.7 Å². The van der Waals surface area contributed by atoms with Gasteiger partial charge in [0.2, 0.25) is 0 Å². The van der Waals surface area contributed by atoms with Crippen LogP contribution in [0.2, 0.25) is 5.02 Å².